The maximum Gasteiger partial charge on any atom is 0.0580 e. The van der Waals surface area contributed by atoms with E-state index in [4.69, 9.17) is 0 Å². The minimum Gasteiger partial charge on any atom is -0.785 e. The summed E-state index contributed by atoms with van der Waals surface area (Å²) in [7, 11) is 2.93. The van der Waals surface area contributed by atoms with Crippen LogP contribution in [-0.2, 0) is 4.74 Å². The zero-order valence-electron chi connectivity index (χ0n) is 6.95. The third-order valence-electron chi connectivity index (χ3n) is 1.21. The molecule has 0 aliphatic rings. The first-order valence-corrected chi connectivity index (χ1v) is 3.46. The third-order valence-corrected chi connectivity index (χ3v) is 1.21. The second kappa shape index (κ2) is 6.51. The molecule has 0 amide bonds. The van der Waals surface area contributed by atoms with Crippen molar-refractivity contribution in [1.29, 1.82) is 0 Å². The van der Waals surface area contributed by atoms with E-state index in [2.05, 4.69) is 4.74 Å². The van der Waals surface area contributed by atoms with Gasteiger partial charge in [-0.2, -0.15) is 0 Å². The molecule has 0 rings (SSSR count). The van der Waals surface area contributed by atoms with Gasteiger partial charge in [-0.1, -0.05) is 0 Å². The fourth-order valence-electron chi connectivity index (χ4n) is 0.557. The Labute approximate surface area is 66.7 Å². The predicted octanol–water partition coefficient (Wildman–Crippen LogP) is -0.138. The van der Waals surface area contributed by atoms with Crippen LogP contribution in [0.2, 0.25) is 0 Å². The van der Waals surface area contributed by atoms with Crippen LogP contribution < -0.4 is 0 Å². The van der Waals surface area contributed by atoms with Crippen LogP contribution in [0.5, 0.6) is 0 Å². The molecule has 0 aromatic heterocycles. The maximum absolute atomic E-state index is 10.8. The van der Waals surface area contributed by atoms with Crippen molar-refractivity contribution in [3.8, 4) is 0 Å². The first kappa shape index (κ1) is 10.8. The van der Waals surface area contributed by atoms with Crippen molar-refractivity contribution in [2.75, 3.05) is 40.4 Å². The van der Waals surface area contributed by atoms with Gasteiger partial charge in [-0.25, -0.2) is 0 Å². The molecular weight excluding hydrogens is 148 g/mol. The number of methoxy groups -OCH3 is 1. The molecule has 5 heteroatoms. The molecule has 68 valence electrons. The lowest BCUT2D eigenvalue weighted by Crippen LogP contribution is -2.29. The molecule has 0 aromatic carbocycles. The van der Waals surface area contributed by atoms with Gasteiger partial charge in [0.1, 0.15) is 0 Å². The summed E-state index contributed by atoms with van der Waals surface area (Å²) in [5, 5.41) is 22.7. The van der Waals surface area contributed by atoms with Gasteiger partial charge in [-0.3, -0.25) is 0 Å². The first-order chi connectivity index (χ1) is 5.16. The van der Waals surface area contributed by atoms with E-state index in [0.29, 0.717) is 13.2 Å². The average Bonchev–Trinajstić information content (AvgIpc) is 1.97. The van der Waals surface area contributed by atoms with Gasteiger partial charge in [-0.15, -0.1) is 0 Å². The number of hydrogen-bond acceptors (Lipinski definition) is 5. The molecule has 0 spiro atoms. The summed E-state index contributed by atoms with van der Waals surface area (Å²) in [5.74, 6) is 0. The van der Waals surface area contributed by atoms with Crippen molar-refractivity contribution in [2.45, 2.75) is 0 Å². The molecule has 0 aliphatic heterocycles. The van der Waals surface area contributed by atoms with E-state index in [9.17, 15) is 10.4 Å². The standard InChI is InChI=1S/C6H14N2O3/c1-7(9)3-4-8(10)5-6-11-2/h3-6H2,1-2H3/q-2. The summed E-state index contributed by atoms with van der Waals surface area (Å²) in [5.41, 5.74) is 0. The van der Waals surface area contributed by atoms with Crippen molar-refractivity contribution in [3.63, 3.8) is 0 Å². The van der Waals surface area contributed by atoms with Crippen LogP contribution in [0.25, 0.3) is 0 Å². The van der Waals surface area contributed by atoms with Crippen LogP contribution in [0.1, 0.15) is 0 Å². The highest BCUT2D eigenvalue weighted by atomic mass is 16.5. The van der Waals surface area contributed by atoms with Crippen molar-refractivity contribution in [1.82, 2.24) is 10.1 Å². The van der Waals surface area contributed by atoms with E-state index in [-0.39, 0.29) is 13.1 Å². The Bertz CT molecular complexity index is 89.9. The van der Waals surface area contributed by atoms with E-state index < -0.39 is 0 Å². The molecular formula is C6H14N2O3-2. The van der Waals surface area contributed by atoms with Gasteiger partial charge in [0.15, 0.2) is 0 Å². The summed E-state index contributed by atoms with van der Waals surface area (Å²) >= 11 is 0. The van der Waals surface area contributed by atoms with Gasteiger partial charge in [0, 0.05) is 13.7 Å². The largest absolute Gasteiger partial charge is 0.785 e. The molecule has 0 saturated heterocycles. The van der Waals surface area contributed by atoms with Crippen LogP contribution in [0.4, 0.5) is 0 Å². The molecule has 0 aliphatic carbocycles. The SMILES string of the molecule is COCCN([O-])CCN(C)[O-]. The normalized spacial score (nSPS) is 11.5. The number of likely N-dealkylation sites (N-methyl/N-ethyl adjacent to an activating group) is 1. The Hall–Kier alpha value is -0.200. The third kappa shape index (κ3) is 7.70. The van der Waals surface area contributed by atoms with Crippen LogP contribution in [0.15, 0.2) is 0 Å². The smallest absolute Gasteiger partial charge is 0.0580 e. The zero-order valence-corrected chi connectivity index (χ0v) is 6.95. The highest BCUT2D eigenvalue weighted by molar-refractivity contribution is 4.59. The van der Waals surface area contributed by atoms with Crippen molar-refractivity contribution < 1.29 is 4.74 Å². The van der Waals surface area contributed by atoms with Gasteiger partial charge < -0.3 is 25.3 Å². The average molecular weight is 162 g/mol. The first-order valence-electron chi connectivity index (χ1n) is 3.46. The van der Waals surface area contributed by atoms with E-state index in [1.165, 1.54) is 14.2 Å². The molecule has 11 heavy (non-hydrogen) atoms. The van der Waals surface area contributed by atoms with Crippen LogP contribution >= 0.6 is 0 Å². The van der Waals surface area contributed by atoms with Gasteiger partial charge in [0.2, 0.25) is 0 Å². The Morgan fingerprint density at radius 1 is 1.18 bits per heavy atom. The second-order valence-electron chi connectivity index (χ2n) is 2.27. The molecule has 0 heterocycles. The minimum atomic E-state index is 0.239. The molecule has 0 radical (unpaired) electrons. The van der Waals surface area contributed by atoms with Crippen molar-refractivity contribution >= 4 is 0 Å². The van der Waals surface area contributed by atoms with E-state index in [0.717, 1.165) is 10.1 Å². The summed E-state index contributed by atoms with van der Waals surface area (Å²) in [6.45, 7) is 1.22. The highest BCUT2D eigenvalue weighted by Gasteiger charge is 1.89. The Kier molecular flexibility index (Phi) is 6.39. The predicted molar refractivity (Wildman–Crippen MR) is 42.8 cm³/mol. The fraction of sp³-hybridized carbons (Fsp3) is 1.00. The topological polar surface area (TPSA) is 61.8 Å². The van der Waals surface area contributed by atoms with E-state index in [1.807, 2.05) is 0 Å². The van der Waals surface area contributed by atoms with Gasteiger partial charge in [-0.05, 0) is 20.1 Å². The lowest BCUT2D eigenvalue weighted by molar-refractivity contribution is 0.166. The molecule has 0 N–H and O–H groups in total. The van der Waals surface area contributed by atoms with E-state index >= 15 is 0 Å². The van der Waals surface area contributed by atoms with Gasteiger partial charge in [0.05, 0.1) is 6.61 Å². The number of rotatable bonds is 6. The van der Waals surface area contributed by atoms with Crippen molar-refractivity contribution in [3.05, 3.63) is 10.4 Å². The lowest BCUT2D eigenvalue weighted by atomic mass is 10.5. The Balaban J connectivity index is 3.15. The monoisotopic (exact) mass is 162 g/mol. The highest BCUT2D eigenvalue weighted by Crippen LogP contribution is 1.85. The molecule has 0 fully saturated rings. The summed E-state index contributed by atoms with van der Waals surface area (Å²) in [4.78, 5) is 0. The Morgan fingerprint density at radius 2 is 1.82 bits per heavy atom. The molecule has 0 aromatic rings. The molecule has 5 nitrogen and oxygen atoms in total. The molecule has 0 saturated carbocycles. The summed E-state index contributed by atoms with van der Waals surface area (Å²) in [6.07, 6.45) is 0. The number of hydrogen-bond donors (Lipinski definition) is 0. The van der Waals surface area contributed by atoms with Crippen LogP contribution in [0.3, 0.4) is 0 Å². The number of hydroxylamine groups is 4. The number of nitrogens with zero attached hydrogens (tertiary/aromatic N) is 2. The number of ether oxygens (including phenoxy) is 1. The van der Waals surface area contributed by atoms with Crippen LogP contribution in [-0.4, -0.2) is 50.5 Å². The fourth-order valence-corrected chi connectivity index (χ4v) is 0.557. The van der Waals surface area contributed by atoms with E-state index in [1.54, 1.807) is 0 Å². The molecule has 0 unspecified atom stereocenters. The Morgan fingerprint density at radius 3 is 2.27 bits per heavy atom. The molecule has 0 atom stereocenters. The summed E-state index contributed by atoms with van der Waals surface area (Å²) in [6, 6.07) is 0. The summed E-state index contributed by atoms with van der Waals surface area (Å²) < 4.78 is 4.69. The maximum atomic E-state index is 10.8. The second-order valence-corrected chi connectivity index (χ2v) is 2.27. The zero-order chi connectivity index (χ0) is 8.69. The van der Waals surface area contributed by atoms with Gasteiger partial charge >= 0.3 is 0 Å². The quantitative estimate of drug-likeness (QED) is 0.509. The van der Waals surface area contributed by atoms with Gasteiger partial charge in [0.25, 0.3) is 0 Å². The van der Waals surface area contributed by atoms with Crippen molar-refractivity contribution in [2.24, 2.45) is 0 Å². The molecule has 0 bridgehead atoms. The lowest BCUT2D eigenvalue weighted by Gasteiger charge is -2.31. The van der Waals surface area contributed by atoms with Crippen LogP contribution in [0, 0.1) is 10.4 Å². The minimum absolute atomic E-state index is 0.239.